The van der Waals surface area contributed by atoms with E-state index >= 15 is 0 Å². The second-order valence-electron chi connectivity index (χ2n) is 6.35. The van der Waals surface area contributed by atoms with Gasteiger partial charge in [-0.3, -0.25) is 5.10 Å². The van der Waals surface area contributed by atoms with Crippen LogP contribution in [-0.2, 0) is 11.3 Å². The smallest absolute Gasteiger partial charge is 0.128 e. The lowest BCUT2D eigenvalue weighted by molar-refractivity contribution is 0.00544. The Hall–Kier alpha value is -1.76. The number of aliphatic hydroxyl groups excluding tert-OH is 1. The molecule has 1 fully saturated rings. The van der Waals surface area contributed by atoms with Gasteiger partial charge >= 0.3 is 0 Å². The van der Waals surface area contributed by atoms with Crippen molar-refractivity contribution in [1.82, 2.24) is 15.1 Å². The Bertz CT molecular complexity index is 612. The van der Waals surface area contributed by atoms with E-state index in [0.29, 0.717) is 18.0 Å². The van der Waals surface area contributed by atoms with E-state index < -0.39 is 6.10 Å². The largest absolute Gasteiger partial charge is 0.389 e. The molecule has 1 aromatic carbocycles. The highest BCUT2D eigenvalue weighted by Gasteiger charge is 2.22. The molecule has 0 spiro atoms. The number of nitrogens with zero attached hydrogens (tertiary/aromatic N) is 2. The first-order valence-corrected chi connectivity index (χ1v) is 8.43. The van der Waals surface area contributed by atoms with Crippen molar-refractivity contribution < 1.29 is 14.2 Å². The molecule has 0 bridgehead atoms. The van der Waals surface area contributed by atoms with Crippen molar-refractivity contribution in [2.24, 2.45) is 0 Å². The van der Waals surface area contributed by atoms with Gasteiger partial charge in [0.2, 0.25) is 0 Å². The Morgan fingerprint density at radius 1 is 1.29 bits per heavy atom. The summed E-state index contributed by atoms with van der Waals surface area (Å²) in [6, 6.07) is 8.58. The van der Waals surface area contributed by atoms with Crippen molar-refractivity contribution >= 4 is 0 Å². The Balaban J connectivity index is 1.35. The van der Waals surface area contributed by atoms with Crippen LogP contribution in [0.25, 0.3) is 0 Å². The minimum absolute atomic E-state index is 0.186. The normalized spacial score (nSPS) is 17.9. The van der Waals surface area contributed by atoms with Crippen molar-refractivity contribution in [1.29, 1.82) is 0 Å². The zero-order valence-corrected chi connectivity index (χ0v) is 13.7. The second-order valence-corrected chi connectivity index (χ2v) is 6.35. The molecule has 0 saturated carbocycles. The monoisotopic (exact) mass is 333 g/mol. The summed E-state index contributed by atoms with van der Waals surface area (Å²) in [5, 5.41) is 17.2. The lowest BCUT2D eigenvalue weighted by Gasteiger charge is -2.32. The molecule has 2 aromatic rings. The summed E-state index contributed by atoms with van der Waals surface area (Å²) in [4.78, 5) is 2.25. The molecule has 0 aliphatic carbocycles. The summed E-state index contributed by atoms with van der Waals surface area (Å²) in [6.45, 7) is 2.90. The fourth-order valence-corrected chi connectivity index (χ4v) is 3.19. The summed E-state index contributed by atoms with van der Waals surface area (Å²) in [5.74, 6) is 0.256. The molecule has 24 heavy (non-hydrogen) atoms. The van der Waals surface area contributed by atoms with Gasteiger partial charge in [-0.25, -0.2) is 4.39 Å². The van der Waals surface area contributed by atoms with Crippen molar-refractivity contribution in [3.63, 3.8) is 0 Å². The van der Waals surface area contributed by atoms with Crippen LogP contribution in [-0.4, -0.2) is 52.5 Å². The molecule has 2 heterocycles. The summed E-state index contributed by atoms with van der Waals surface area (Å²) in [6.07, 6.45) is 3.36. The van der Waals surface area contributed by atoms with Crippen LogP contribution in [0, 0.1) is 5.82 Å². The van der Waals surface area contributed by atoms with Crippen molar-refractivity contribution in [2.45, 2.75) is 31.5 Å². The maximum absolute atomic E-state index is 13.5. The standard InChI is InChI=1S/C18H24FN3O2/c19-17-4-2-1-3-15(17)12-24-13-16(23)11-22-9-6-14(7-10-22)18-5-8-20-21-18/h1-5,8,14,16,23H,6-7,9-13H2,(H,20,21). The van der Waals surface area contributed by atoms with Crippen LogP contribution in [0.4, 0.5) is 4.39 Å². The number of halogens is 1. The summed E-state index contributed by atoms with van der Waals surface area (Å²) in [5.41, 5.74) is 1.72. The molecule has 1 aromatic heterocycles. The van der Waals surface area contributed by atoms with E-state index in [1.165, 1.54) is 11.8 Å². The number of ether oxygens (including phenoxy) is 1. The Kier molecular flexibility index (Phi) is 5.96. The fraction of sp³-hybridized carbons (Fsp3) is 0.500. The quantitative estimate of drug-likeness (QED) is 0.816. The third-order valence-electron chi connectivity index (χ3n) is 4.54. The maximum Gasteiger partial charge on any atom is 0.128 e. The summed E-state index contributed by atoms with van der Waals surface area (Å²) < 4.78 is 18.9. The molecular weight excluding hydrogens is 309 g/mol. The van der Waals surface area contributed by atoms with Crippen molar-refractivity contribution in [3.8, 4) is 0 Å². The van der Waals surface area contributed by atoms with Gasteiger partial charge in [-0.1, -0.05) is 18.2 Å². The van der Waals surface area contributed by atoms with E-state index in [2.05, 4.69) is 15.1 Å². The van der Waals surface area contributed by atoms with Gasteiger partial charge in [0.1, 0.15) is 5.82 Å². The maximum atomic E-state index is 13.5. The van der Waals surface area contributed by atoms with Crippen LogP contribution >= 0.6 is 0 Å². The molecule has 130 valence electrons. The van der Waals surface area contributed by atoms with E-state index in [-0.39, 0.29) is 19.0 Å². The molecule has 6 heteroatoms. The van der Waals surface area contributed by atoms with Gasteiger partial charge in [0.05, 0.1) is 19.3 Å². The average Bonchev–Trinajstić information content (AvgIpc) is 3.12. The Morgan fingerprint density at radius 2 is 2.08 bits per heavy atom. The molecular formula is C18H24FN3O2. The van der Waals surface area contributed by atoms with Crippen molar-refractivity contribution in [3.05, 3.63) is 53.6 Å². The molecule has 1 aliphatic rings. The van der Waals surface area contributed by atoms with Gasteiger partial charge in [-0.15, -0.1) is 0 Å². The van der Waals surface area contributed by atoms with Crippen LogP contribution in [0.5, 0.6) is 0 Å². The number of aliphatic hydroxyl groups is 1. The molecule has 0 radical (unpaired) electrons. The number of H-pyrrole nitrogens is 1. The van der Waals surface area contributed by atoms with Gasteiger partial charge in [0.15, 0.2) is 0 Å². The number of hydrogen-bond donors (Lipinski definition) is 2. The second kappa shape index (κ2) is 8.37. The lowest BCUT2D eigenvalue weighted by Crippen LogP contribution is -2.39. The SMILES string of the molecule is OC(COCc1ccccc1F)CN1CCC(c2ccn[nH]2)CC1. The van der Waals surface area contributed by atoms with E-state index in [4.69, 9.17) is 4.74 Å². The molecule has 2 N–H and O–H groups in total. The van der Waals surface area contributed by atoms with E-state index in [0.717, 1.165) is 25.9 Å². The molecule has 3 rings (SSSR count). The lowest BCUT2D eigenvalue weighted by atomic mass is 9.93. The average molecular weight is 333 g/mol. The van der Waals surface area contributed by atoms with E-state index in [1.807, 2.05) is 6.07 Å². The van der Waals surface area contributed by atoms with Gasteiger partial charge in [0, 0.05) is 29.9 Å². The molecule has 0 amide bonds. The third kappa shape index (κ3) is 4.63. The number of nitrogens with one attached hydrogen (secondary N) is 1. The van der Waals surface area contributed by atoms with Gasteiger partial charge in [-0.2, -0.15) is 5.10 Å². The molecule has 1 unspecified atom stereocenters. The van der Waals surface area contributed by atoms with Gasteiger partial charge < -0.3 is 14.7 Å². The first kappa shape index (κ1) is 17.1. The first-order valence-electron chi connectivity index (χ1n) is 8.43. The number of likely N-dealkylation sites (tertiary alicyclic amines) is 1. The Morgan fingerprint density at radius 3 is 2.79 bits per heavy atom. The number of β-amino-alcohol motifs (C(OH)–C–C–N with tert-alkyl or cyclic N) is 1. The minimum atomic E-state index is -0.555. The zero-order valence-electron chi connectivity index (χ0n) is 13.7. The summed E-state index contributed by atoms with van der Waals surface area (Å²) >= 11 is 0. The van der Waals surface area contributed by atoms with Crippen LogP contribution in [0.15, 0.2) is 36.5 Å². The van der Waals surface area contributed by atoms with Gasteiger partial charge in [-0.05, 0) is 38.1 Å². The van der Waals surface area contributed by atoms with Gasteiger partial charge in [0.25, 0.3) is 0 Å². The minimum Gasteiger partial charge on any atom is -0.389 e. The number of piperidine rings is 1. The third-order valence-corrected chi connectivity index (χ3v) is 4.54. The number of hydrogen-bond acceptors (Lipinski definition) is 4. The van der Waals surface area contributed by atoms with Crippen LogP contribution < -0.4 is 0 Å². The number of rotatable bonds is 7. The number of aromatic nitrogens is 2. The molecule has 5 nitrogen and oxygen atoms in total. The fourth-order valence-electron chi connectivity index (χ4n) is 3.19. The van der Waals surface area contributed by atoms with E-state index in [1.54, 1.807) is 24.4 Å². The zero-order chi connectivity index (χ0) is 16.8. The molecule has 1 atom stereocenters. The molecule has 1 aliphatic heterocycles. The highest BCUT2D eigenvalue weighted by molar-refractivity contribution is 5.16. The van der Waals surface area contributed by atoms with E-state index in [9.17, 15) is 9.50 Å². The Labute approximate surface area is 141 Å². The highest BCUT2D eigenvalue weighted by Crippen LogP contribution is 2.26. The highest BCUT2D eigenvalue weighted by atomic mass is 19.1. The predicted octanol–water partition coefficient (Wildman–Crippen LogP) is 2.31. The van der Waals surface area contributed by atoms with Crippen molar-refractivity contribution in [2.75, 3.05) is 26.2 Å². The topological polar surface area (TPSA) is 61.4 Å². The van der Waals surface area contributed by atoms with Crippen LogP contribution in [0.3, 0.4) is 0 Å². The number of aromatic amines is 1. The molecule has 1 saturated heterocycles. The predicted molar refractivity (Wildman–Crippen MR) is 89.1 cm³/mol. The first-order chi connectivity index (χ1) is 11.7. The number of benzene rings is 1. The van der Waals surface area contributed by atoms with Crippen LogP contribution in [0.2, 0.25) is 0 Å². The summed E-state index contributed by atoms with van der Waals surface area (Å²) in [7, 11) is 0. The van der Waals surface area contributed by atoms with Crippen LogP contribution in [0.1, 0.15) is 30.0 Å².